The maximum atomic E-state index is 5.20. The van der Waals surface area contributed by atoms with Gasteiger partial charge in [-0.25, -0.2) is 4.98 Å². The van der Waals surface area contributed by atoms with Crippen molar-refractivity contribution in [1.29, 1.82) is 0 Å². The molecule has 0 saturated carbocycles. The van der Waals surface area contributed by atoms with Crippen LogP contribution in [-0.2, 0) is 18.1 Å². The second-order valence-electron chi connectivity index (χ2n) is 7.14. The van der Waals surface area contributed by atoms with Crippen LogP contribution in [0.4, 0.5) is 16.5 Å². The Balaban J connectivity index is 0.00000218. The van der Waals surface area contributed by atoms with Gasteiger partial charge >= 0.3 is 29.6 Å². The number of hydrogen-bond donors (Lipinski definition) is 0. The van der Waals surface area contributed by atoms with E-state index < -0.39 is 0 Å². The Labute approximate surface area is 210 Å². The van der Waals surface area contributed by atoms with Crippen LogP contribution in [-0.4, -0.2) is 19.1 Å². The predicted octanol–water partition coefficient (Wildman–Crippen LogP) is 3.91. The van der Waals surface area contributed by atoms with Gasteiger partial charge in [-0.15, -0.1) is 10.2 Å². The van der Waals surface area contributed by atoms with Crippen molar-refractivity contribution in [2.24, 2.45) is 10.2 Å². The van der Waals surface area contributed by atoms with Gasteiger partial charge in [0.1, 0.15) is 0 Å². The number of thiazole rings is 1. The first-order chi connectivity index (χ1) is 14.1. The molecule has 0 aliphatic heterocycles. The van der Waals surface area contributed by atoms with Crippen LogP contribution in [0, 0.1) is 0 Å². The zero-order valence-electron chi connectivity index (χ0n) is 16.9. The molecule has 1 aromatic heterocycles. The minimum atomic E-state index is 0. The third kappa shape index (κ3) is 4.07. The summed E-state index contributed by atoms with van der Waals surface area (Å²) in [5, 5.41) is 9.49. The number of rotatable bonds is 4. The van der Waals surface area contributed by atoms with Crippen molar-refractivity contribution in [3.8, 4) is 11.1 Å². The summed E-state index contributed by atoms with van der Waals surface area (Å²) >= 11 is 6.77. The van der Waals surface area contributed by atoms with E-state index in [2.05, 4.69) is 51.6 Å². The molecule has 0 saturated heterocycles. The fourth-order valence-electron chi connectivity index (χ4n) is 3.61. The van der Waals surface area contributed by atoms with Gasteiger partial charge in [0.2, 0.25) is 5.13 Å². The summed E-state index contributed by atoms with van der Waals surface area (Å²) in [5.41, 5.74) is 8.19. The van der Waals surface area contributed by atoms with E-state index >= 15 is 0 Å². The van der Waals surface area contributed by atoms with Crippen molar-refractivity contribution in [3.05, 3.63) is 65.7 Å². The number of nitrogens with zero attached hydrogens (tertiary/aromatic N) is 4. The van der Waals surface area contributed by atoms with Crippen LogP contribution in [0.3, 0.4) is 0 Å². The smallest absolute Gasteiger partial charge is 0.714 e. The van der Waals surface area contributed by atoms with Gasteiger partial charge in [-0.2, -0.15) is 0 Å². The number of azo groups is 1. The molecule has 0 N–H and O–H groups in total. The topological polar surface area (TPSA) is 40.9 Å². The number of hydrogen-bond acceptors (Lipinski definition) is 7. The quantitative estimate of drug-likeness (QED) is 0.178. The Kier molecular flexibility index (Phi) is 6.58. The van der Waals surface area contributed by atoms with Crippen LogP contribution in [0.15, 0.2) is 69.7 Å². The molecule has 0 radical (unpaired) electrons. The van der Waals surface area contributed by atoms with Crippen molar-refractivity contribution >= 4 is 60.5 Å². The van der Waals surface area contributed by atoms with E-state index in [0.29, 0.717) is 5.13 Å². The molecular formula is C22H17N4NaS3. The molecular weight excluding hydrogens is 439 g/mol. The third-order valence-corrected chi connectivity index (χ3v) is 7.03. The van der Waals surface area contributed by atoms with Crippen LogP contribution >= 0.6 is 22.1 Å². The molecule has 3 aromatic carbocycles. The summed E-state index contributed by atoms with van der Waals surface area (Å²) in [7, 11) is 5.27. The first-order valence-corrected chi connectivity index (χ1v) is 11.7. The normalized spacial score (nSPS) is 12.1. The van der Waals surface area contributed by atoms with Gasteiger partial charge in [-0.05, 0) is 59.0 Å². The molecule has 0 amide bonds. The Morgan fingerprint density at radius 1 is 1.00 bits per heavy atom. The number of aromatic nitrogens is 1. The fourth-order valence-corrected chi connectivity index (χ4v) is 5.19. The van der Waals surface area contributed by atoms with Crippen LogP contribution < -0.4 is 34.5 Å². The minimum absolute atomic E-state index is 0. The van der Waals surface area contributed by atoms with Gasteiger partial charge in [-0.1, -0.05) is 35.6 Å². The van der Waals surface area contributed by atoms with E-state index in [4.69, 9.17) is 11.7 Å². The summed E-state index contributed by atoms with van der Waals surface area (Å²) in [5.74, 6) is 0. The second-order valence-corrected chi connectivity index (χ2v) is 9.25. The van der Waals surface area contributed by atoms with E-state index in [0.717, 1.165) is 32.9 Å². The first-order valence-electron chi connectivity index (χ1n) is 9.17. The Morgan fingerprint density at radius 3 is 2.63 bits per heavy atom. The second kappa shape index (κ2) is 9.02. The molecule has 1 aliphatic carbocycles. The largest absolute Gasteiger partial charge is 1.00 e. The standard InChI is InChI=1S/C22H18N4S3.Na/c1-26(2)15-7-8-18(21(11-15)29-27)24-25-22-23-19-10-14-9-13-5-3-4-6-16(13)17(14)12-20(19)28-22;/h3-8,10-12,27H,9H2,1-2H3;/q;+1/p-1. The van der Waals surface area contributed by atoms with Crippen LogP contribution in [0.5, 0.6) is 0 Å². The molecule has 5 rings (SSSR count). The molecule has 0 bridgehead atoms. The summed E-state index contributed by atoms with van der Waals surface area (Å²) < 4.78 is 1.13. The molecule has 0 atom stereocenters. The van der Waals surface area contributed by atoms with Crippen molar-refractivity contribution in [1.82, 2.24) is 4.98 Å². The van der Waals surface area contributed by atoms with E-state index in [9.17, 15) is 0 Å². The Morgan fingerprint density at radius 2 is 1.83 bits per heavy atom. The summed E-state index contributed by atoms with van der Waals surface area (Å²) in [6.45, 7) is 0. The SMILES string of the molecule is CN(C)c1ccc(N=Nc2nc3cc4c(cc3s2)-c2ccccc2C4)c(S[S-])c1.[Na+]. The summed E-state index contributed by atoms with van der Waals surface area (Å²) in [6, 6.07) is 19.0. The Bertz CT molecular complexity index is 1270. The molecule has 144 valence electrons. The first kappa shape index (κ1) is 21.9. The fraction of sp³-hybridized carbons (Fsp3) is 0.136. The van der Waals surface area contributed by atoms with Gasteiger partial charge in [0.25, 0.3) is 0 Å². The van der Waals surface area contributed by atoms with Crippen molar-refractivity contribution in [3.63, 3.8) is 0 Å². The van der Waals surface area contributed by atoms with E-state index in [1.165, 1.54) is 33.0 Å². The van der Waals surface area contributed by atoms with E-state index in [-0.39, 0.29) is 29.6 Å². The number of anilines is 1. The summed E-state index contributed by atoms with van der Waals surface area (Å²) in [4.78, 5) is 7.65. The van der Waals surface area contributed by atoms with Crippen LogP contribution in [0.2, 0.25) is 0 Å². The molecule has 1 heterocycles. The number of fused-ring (bicyclic) bond motifs is 4. The molecule has 1 aliphatic rings. The van der Waals surface area contributed by atoms with Gasteiger partial charge in [0.15, 0.2) is 0 Å². The maximum absolute atomic E-state index is 5.20. The number of benzene rings is 3. The van der Waals surface area contributed by atoms with Gasteiger partial charge in [-0.3, -0.25) is 10.8 Å². The monoisotopic (exact) mass is 456 g/mol. The zero-order valence-corrected chi connectivity index (χ0v) is 21.4. The minimum Gasteiger partial charge on any atom is -0.714 e. The maximum Gasteiger partial charge on any atom is 1.00 e. The Hall–Kier alpha value is -1.35. The molecule has 8 heteroatoms. The molecule has 0 fully saturated rings. The average Bonchev–Trinajstić information content (AvgIpc) is 3.30. The van der Waals surface area contributed by atoms with Crippen molar-refractivity contribution in [2.75, 3.05) is 19.0 Å². The molecule has 4 nitrogen and oxygen atoms in total. The van der Waals surface area contributed by atoms with E-state index in [1.54, 1.807) is 11.3 Å². The van der Waals surface area contributed by atoms with Crippen LogP contribution in [0.25, 0.3) is 21.3 Å². The average molecular weight is 457 g/mol. The predicted molar refractivity (Wildman–Crippen MR) is 126 cm³/mol. The van der Waals surface area contributed by atoms with Gasteiger partial charge in [0.05, 0.1) is 15.9 Å². The van der Waals surface area contributed by atoms with Crippen molar-refractivity contribution < 1.29 is 29.6 Å². The molecule has 0 spiro atoms. The zero-order chi connectivity index (χ0) is 20.0. The van der Waals surface area contributed by atoms with Crippen molar-refractivity contribution in [2.45, 2.75) is 11.3 Å². The van der Waals surface area contributed by atoms with Gasteiger partial charge < -0.3 is 16.6 Å². The molecule has 0 unspecified atom stereocenters. The third-order valence-electron chi connectivity index (χ3n) is 5.08. The summed E-state index contributed by atoms with van der Waals surface area (Å²) in [6.07, 6.45) is 0.966. The van der Waals surface area contributed by atoms with Gasteiger partial charge in [0, 0.05) is 24.7 Å². The van der Waals surface area contributed by atoms with E-state index in [1.807, 2.05) is 37.2 Å². The molecule has 30 heavy (non-hydrogen) atoms. The van der Waals surface area contributed by atoms with Crippen LogP contribution in [0.1, 0.15) is 11.1 Å². The molecule has 4 aromatic rings.